The number of nitrogens with one attached hydrogen (secondary N) is 1. The van der Waals surface area contributed by atoms with E-state index in [4.69, 9.17) is 5.11 Å². The highest BCUT2D eigenvalue weighted by Gasteiger charge is 2.18. The summed E-state index contributed by atoms with van der Waals surface area (Å²) < 4.78 is 0. The van der Waals surface area contributed by atoms with Crippen LogP contribution in [0.3, 0.4) is 0 Å². The second-order valence-corrected chi connectivity index (χ2v) is 5.30. The van der Waals surface area contributed by atoms with Gasteiger partial charge in [-0.2, -0.15) is 0 Å². The summed E-state index contributed by atoms with van der Waals surface area (Å²) in [4.78, 5) is 10.6. The van der Waals surface area contributed by atoms with Crippen LogP contribution in [0, 0.1) is 5.92 Å². The van der Waals surface area contributed by atoms with Crippen molar-refractivity contribution in [1.82, 2.24) is 5.32 Å². The highest BCUT2D eigenvalue weighted by Crippen LogP contribution is 2.11. The van der Waals surface area contributed by atoms with Gasteiger partial charge in [-0.25, -0.2) is 0 Å². The minimum Gasteiger partial charge on any atom is -0.481 e. The molecule has 0 heterocycles. The van der Waals surface area contributed by atoms with E-state index in [0.717, 1.165) is 19.3 Å². The quantitative estimate of drug-likeness (QED) is 0.581. The highest BCUT2D eigenvalue weighted by atomic mass is 16.4. The molecule has 0 spiro atoms. The van der Waals surface area contributed by atoms with Crippen molar-refractivity contribution in [3.05, 3.63) is 0 Å². The van der Waals surface area contributed by atoms with E-state index < -0.39 is 11.6 Å². The Kier molecular flexibility index (Phi) is 7.39. The molecule has 0 aromatic rings. The maximum Gasteiger partial charge on any atom is 0.306 e. The van der Waals surface area contributed by atoms with Crippen molar-refractivity contribution >= 4 is 5.97 Å². The number of hydrogen-bond acceptors (Lipinski definition) is 3. The van der Waals surface area contributed by atoms with E-state index in [0.29, 0.717) is 19.0 Å². The maximum atomic E-state index is 10.6. The van der Waals surface area contributed by atoms with Crippen molar-refractivity contribution in [2.24, 2.45) is 5.92 Å². The van der Waals surface area contributed by atoms with E-state index in [2.05, 4.69) is 12.2 Å². The summed E-state index contributed by atoms with van der Waals surface area (Å²) in [7, 11) is 0. The van der Waals surface area contributed by atoms with E-state index in [1.54, 1.807) is 6.92 Å². The van der Waals surface area contributed by atoms with Crippen LogP contribution in [-0.4, -0.2) is 34.4 Å². The number of rotatable bonds is 9. The molecule has 0 aliphatic carbocycles. The summed E-state index contributed by atoms with van der Waals surface area (Å²) >= 11 is 0. The zero-order valence-electron chi connectivity index (χ0n) is 11.5. The van der Waals surface area contributed by atoms with E-state index in [9.17, 15) is 9.90 Å². The minimum atomic E-state index is -0.723. The number of aliphatic hydroxyl groups is 1. The second-order valence-electron chi connectivity index (χ2n) is 5.30. The van der Waals surface area contributed by atoms with Crippen molar-refractivity contribution in [3.8, 4) is 0 Å². The van der Waals surface area contributed by atoms with Crippen LogP contribution in [0.2, 0.25) is 0 Å². The largest absolute Gasteiger partial charge is 0.481 e. The van der Waals surface area contributed by atoms with Gasteiger partial charge < -0.3 is 15.5 Å². The predicted octanol–water partition coefficient (Wildman–Crippen LogP) is 2.02. The van der Waals surface area contributed by atoms with Gasteiger partial charge in [-0.3, -0.25) is 4.79 Å². The lowest BCUT2D eigenvalue weighted by Gasteiger charge is -2.24. The van der Waals surface area contributed by atoms with Crippen LogP contribution < -0.4 is 5.32 Å². The lowest BCUT2D eigenvalue weighted by atomic mass is 10.0. The lowest BCUT2D eigenvalue weighted by Crippen LogP contribution is -2.41. The molecule has 0 amide bonds. The smallest absolute Gasteiger partial charge is 0.306 e. The molecule has 0 saturated carbocycles. The third-order valence-electron chi connectivity index (χ3n) is 3.29. The Balaban J connectivity index is 3.67. The molecule has 0 rings (SSSR count). The van der Waals surface area contributed by atoms with Gasteiger partial charge in [0.25, 0.3) is 0 Å². The molecule has 3 N–H and O–H groups in total. The fourth-order valence-electron chi connectivity index (χ4n) is 1.47. The molecule has 0 aliphatic heterocycles. The molecular formula is C13H27NO3. The van der Waals surface area contributed by atoms with Crippen LogP contribution in [0.1, 0.15) is 53.4 Å². The molecule has 4 nitrogen and oxygen atoms in total. The van der Waals surface area contributed by atoms with Gasteiger partial charge in [-0.05, 0) is 33.1 Å². The van der Waals surface area contributed by atoms with E-state index in [1.165, 1.54) is 0 Å². The zero-order valence-corrected chi connectivity index (χ0v) is 11.5. The Morgan fingerprint density at radius 1 is 1.35 bits per heavy atom. The van der Waals surface area contributed by atoms with Gasteiger partial charge in [0.15, 0.2) is 0 Å². The van der Waals surface area contributed by atoms with E-state index in [1.807, 2.05) is 13.8 Å². The first-order chi connectivity index (χ1) is 7.78. The lowest BCUT2D eigenvalue weighted by molar-refractivity contribution is -0.141. The van der Waals surface area contributed by atoms with Gasteiger partial charge in [-0.15, -0.1) is 0 Å². The van der Waals surface area contributed by atoms with Crippen LogP contribution in [0.5, 0.6) is 0 Å². The molecule has 0 saturated heterocycles. The van der Waals surface area contributed by atoms with Gasteiger partial charge in [0.05, 0.1) is 11.5 Å². The highest BCUT2D eigenvalue weighted by molar-refractivity contribution is 5.69. The van der Waals surface area contributed by atoms with Crippen LogP contribution in [0.25, 0.3) is 0 Å². The summed E-state index contributed by atoms with van der Waals surface area (Å²) in [5.74, 6) is -0.986. The van der Waals surface area contributed by atoms with Crippen molar-refractivity contribution in [1.29, 1.82) is 0 Å². The van der Waals surface area contributed by atoms with Gasteiger partial charge in [-0.1, -0.05) is 20.3 Å². The fraction of sp³-hybridized carbons (Fsp3) is 0.923. The molecule has 3 unspecified atom stereocenters. The van der Waals surface area contributed by atoms with Crippen molar-refractivity contribution < 1.29 is 15.0 Å². The van der Waals surface area contributed by atoms with Crippen molar-refractivity contribution in [2.45, 2.75) is 65.0 Å². The number of carboxylic acid groups (broad SMARTS) is 1. The minimum absolute atomic E-state index is 0.263. The average Bonchev–Trinajstić information content (AvgIpc) is 2.26. The zero-order chi connectivity index (χ0) is 13.5. The molecule has 0 radical (unpaired) electrons. The Labute approximate surface area is 104 Å². The Morgan fingerprint density at radius 2 is 1.94 bits per heavy atom. The standard InChI is InChI=1S/C13H27NO3/c1-5-13(4,17)9-14-11(3)8-6-7-10(2)12(15)16/h10-11,14,17H,5-9H2,1-4H3,(H,15,16). The van der Waals surface area contributed by atoms with Gasteiger partial charge in [0.1, 0.15) is 0 Å². The Bertz CT molecular complexity index is 229. The molecule has 0 bridgehead atoms. The molecule has 0 aromatic heterocycles. The number of carboxylic acids is 1. The molecule has 0 fully saturated rings. The second kappa shape index (κ2) is 7.67. The normalized spacial score (nSPS) is 18.4. The molecule has 0 aliphatic rings. The molecule has 3 atom stereocenters. The molecule has 17 heavy (non-hydrogen) atoms. The first-order valence-corrected chi connectivity index (χ1v) is 6.47. The molecule has 4 heteroatoms. The summed E-state index contributed by atoms with van der Waals surface area (Å²) in [5, 5.41) is 21.8. The third-order valence-corrected chi connectivity index (χ3v) is 3.29. The molecule has 0 aromatic carbocycles. The van der Waals surface area contributed by atoms with Gasteiger partial charge in [0, 0.05) is 12.6 Å². The topological polar surface area (TPSA) is 69.6 Å². The van der Waals surface area contributed by atoms with E-state index >= 15 is 0 Å². The summed E-state index contributed by atoms with van der Waals surface area (Å²) in [6.07, 6.45) is 3.28. The van der Waals surface area contributed by atoms with Crippen LogP contribution in [0.4, 0.5) is 0 Å². The van der Waals surface area contributed by atoms with Crippen molar-refractivity contribution in [2.75, 3.05) is 6.54 Å². The van der Waals surface area contributed by atoms with Gasteiger partial charge in [0.2, 0.25) is 0 Å². The SMILES string of the molecule is CCC(C)(O)CNC(C)CCCC(C)C(=O)O. The summed E-state index contributed by atoms with van der Waals surface area (Å²) in [5.41, 5.74) is -0.650. The van der Waals surface area contributed by atoms with Gasteiger partial charge >= 0.3 is 5.97 Å². The third kappa shape index (κ3) is 8.16. The Hall–Kier alpha value is -0.610. The van der Waals surface area contributed by atoms with Crippen LogP contribution in [0.15, 0.2) is 0 Å². The number of aliphatic carboxylic acids is 1. The monoisotopic (exact) mass is 245 g/mol. The average molecular weight is 245 g/mol. The number of carbonyl (C=O) groups is 1. The predicted molar refractivity (Wildman–Crippen MR) is 69.0 cm³/mol. The summed E-state index contributed by atoms with van der Waals surface area (Å²) in [6.45, 7) is 8.17. The van der Waals surface area contributed by atoms with Crippen molar-refractivity contribution in [3.63, 3.8) is 0 Å². The Morgan fingerprint density at radius 3 is 2.41 bits per heavy atom. The first kappa shape index (κ1) is 16.4. The van der Waals surface area contributed by atoms with Crippen LogP contribution in [-0.2, 0) is 4.79 Å². The van der Waals surface area contributed by atoms with E-state index in [-0.39, 0.29) is 5.92 Å². The summed E-state index contributed by atoms with van der Waals surface area (Å²) in [6, 6.07) is 0.314. The molecule has 102 valence electrons. The fourth-order valence-corrected chi connectivity index (χ4v) is 1.47. The molecular weight excluding hydrogens is 218 g/mol. The maximum absolute atomic E-state index is 10.6. The first-order valence-electron chi connectivity index (χ1n) is 6.47. The van der Waals surface area contributed by atoms with Crippen LogP contribution >= 0.6 is 0 Å². The number of hydrogen-bond donors (Lipinski definition) is 3.